The summed E-state index contributed by atoms with van der Waals surface area (Å²) < 4.78 is 11.0. The van der Waals surface area contributed by atoms with Gasteiger partial charge in [0.2, 0.25) is 5.91 Å². The van der Waals surface area contributed by atoms with Crippen molar-refractivity contribution in [2.75, 3.05) is 18.5 Å². The Bertz CT molecular complexity index is 926. The van der Waals surface area contributed by atoms with Gasteiger partial charge in [-0.15, -0.1) is 0 Å². The Morgan fingerprint density at radius 2 is 2.00 bits per heavy atom. The highest BCUT2D eigenvalue weighted by molar-refractivity contribution is 6.36. The van der Waals surface area contributed by atoms with E-state index in [0.29, 0.717) is 46.5 Å². The summed E-state index contributed by atoms with van der Waals surface area (Å²) in [7, 11) is 0. The molecule has 0 unspecified atom stereocenters. The van der Waals surface area contributed by atoms with Crippen LogP contribution in [0.15, 0.2) is 30.6 Å². The van der Waals surface area contributed by atoms with E-state index in [1.54, 1.807) is 6.20 Å². The van der Waals surface area contributed by atoms with E-state index in [1.807, 2.05) is 32.0 Å². The van der Waals surface area contributed by atoms with Crippen molar-refractivity contribution in [3.05, 3.63) is 41.2 Å². The number of amides is 1. The molecule has 1 aliphatic heterocycles. The summed E-state index contributed by atoms with van der Waals surface area (Å²) in [6.07, 6.45) is 3.30. The van der Waals surface area contributed by atoms with Crippen molar-refractivity contribution in [3.63, 3.8) is 0 Å². The maximum absolute atomic E-state index is 12.3. The highest BCUT2D eigenvalue weighted by atomic mass is 35.5. The third-order valence-corrected chi connectivity index (χ3v) is 3.94. The predicted octanol–water partition coefficient (Wildman–Crippen LogP) is 3.59. The third kappa shape index (κ3) is 3.72. The Balaban J connectivity index is 0.000000948. The average Bonchev–Trinajstić information content (AvgIpc) is 3.07. The molecule has 2 aromatic heterocycles. The summed E-state index contributed by atoms with van der Waals surface area (Å²) in [6, 6.07) is 5.46. The number of anilines is 1. The highest BCUT2D eigenvalue weighted by Gasteiger charge is 2.15. The van der Waals surface area contributed by atoms with Crippen molar-refractivity contribution < 1.29 is 14.3 Å². The Hall–Kier alpha value is -2.80. The second-order valence-electron chi connectivity index (χ2n) is 5.32. The van der Waals surface area contributed by atoms with Crippen LogP contribution in [-0.2, 0) is 11.2 Å². The molecule has 0 fully saturated rings. The van der Waals surface area contributed by atoms with Crippen LogP contribution < -0.4 is 14.8 Å². The number of rotatable bonds is 3. The van der Waals surface area contributed by atoms with Crippen molar-refractivity contribution in [1.29, 1.82) is 0 Å². The minimum absolute atomic E-state index is 0.188. The first-order valence-corrected chi connectivity index (χ1v) is 8.74. The third-order valence-electron chi connectivity index (χ3n) is 3.65. The van der Waals surface area contributed by atoms with Crippen molar-refractivity contribution in [2.45, 2.75) is 20.3 Å². The predicted molar refractivity (Wildman–Crippen MR) is 100 cm³/mol. The standard InChI is InChI=1S/C16H13ClN4O3.C2H6/c17-10-7-18-8-11-15(10)16(21-20-11)19-14(22)6-9-1-2-12-13(5-9)24-4-3-23-12;1-2/h1-2,5,7-8H,3-4,6H2,(H2,19,20,21,22);1-2H3. The first kappa shape index (κ1) is 18.0. The summed E-state index contributed by atoms with van der Waals surface area (Å²) in [5, 5.41) is 10.7. The normalized spacial score (nSPS) is 12.3. The van der Waals surface area contributed by atoms with Crippen molar-refractivity contribution in [3.8, 4) is 11.5 Å². The van der Waals surface area contributed by atoms with Gasteiger partial charge in [0, 0.05) is 6.20 Å². The molecule has 0 atom stereocenters. The van der Waals surface area contributed by atoms with E-state index in [2.05, 4.69) is 20.5 Å². The fourth-order valence-corrected chi connectivity index (χ4v) is 2.83. The molecule has 8 heteroatoms. The van der Waals surface area contributed by atoms with E-state index < -0.39 is 0 Å². The minimum Gasteiger partial charge on any atom is -0.486 e. The summed E-state index contributed by atoms with van der Waals surface area (Å²) in [6.45, 7) is 5.04. The largest absolute Gasteiger partial charge is 0.486 e. The number of nitrogens with zero attached hydrogens (tertiary/aromatic N) is 2. The fraction of sp³-hybridized carbons (Fsp3) is 0.278. The molecule has 2 N–H and O–H groups in total. The Morgan fingerprint density at radius 3 is 2.81 bits per heavy atom. The molecular weight excluding hydrogens is 356 g/mol. The highest BCUT2D eigenvalue weighted by Crippen LogP contribution is 2.31. The van der Waals surface area contributed by atoms with Gasteiger partial charge in [-0.25, -0.2) is 0 Å². The van der Waals surface area contributed by atoms with Gasteiger partial charge in [-0.1, -0.05) is 31.5 Å². The Labute approximate surface area is 155 Å². The fourth-order valence-electron chi connectivity index (χ4n) is 2.58. The van der Waals surface area contributed by atoms with Crippen LogP contribution in [0.2, 0.25) is 5.02 Å². The lowest BCUT2D eigenvalue weighted by atomic mass is 10.1. The second kappa shape index (κ2) is 8.05. The van der Waals surface area contributed by atoms with E-state index in [0.717, 1.165) is 5.56 Å². The van der Waals surface area contributed by atoms with Crippen LogP contribution in [0.4, 0.5) is 5.82 Å². The molecule has 0 bridgehead atoms. The molecule has 0 radical (unpaired) electrons. The van der Waals surface area contributed by atoms with Gasteiger partial charge in [0.15, 0.2) is 17.3 Å². The first-order chi connectivity index (χ1) is 12.7. The number of carbonyl (C=O) groups is 1. The molecule has 0 saturated heterocycles. The number of nitrogens with one attached hydrogen (secondary N) is 2. The number of hydrogen-bond donors (Lipinski definition) is 2. The number of pyridine rings is 1. The molecule has 4 rings (SSSR count). The van der Waals surface area contributed by atoms with Gasteiger partial charge in [0.1, 0.15) is 13.2 Å². The summed E-state index contributed by atoms with van der Waals surface area (Å²) >= 11 is 6.12. The lowest BCUT2D eigenvalue weighted by molar-refractivity contribution is -0.115. The molecule has 1 aliphatic rings. The lowest BCUT2D eigenvalue weighted by Crippen LogP contribution is -2.17. The number of fused-ring (bicyclic) bond motifs is 2. The van der Waals surface area contributed by atoms with E-state index >= 15 is 0 Å². The number of benzene rings is 1. The van der Waals surface area contributed by atoms with Gasteiger partial charge in [0.25, 0.3) is 0 Å². The number of halogens is 1. The molecular formula is C18H19ClN4O3. The molecule has 1 amide bonds. The van der Waals surface area contributed by atoms with Gasteiger partial charge < -0.3 is 14.8 Å². The van der Waals surface area contributed by atoms with E-state index in [4.69, 9.17) is 21.1 Å². The molecule has 3 aromatic rings. The average molecular weight is 375 g/mol. The van der Waals surface area contributed by atoms with Crippen LogP contribution >= 0.6 is 11.6 Å². The molecule has 1 aromatic carbocycles. The molecule has 136 valence electrons. The van der Waals surface area contributed by atoms with Gasteiger partial charge in [-0.05, 0) is 17.7 Å². The van der Waals surface area contributed by atoms with Gasteiger partial charge in [-0.3, -0.25) is 14.9 Å². The number of H-pyrrole nitrogens is 1. The summed E-state index contributed by atoms with van der Waals surface area (Å²) in [5.74, 6) is 1.54. The zero-order valence-electron chi connectivity index (χ0n) is 14.5. The van der Waals surface area contributed by atoms with E-state index in [1.165, 1.54) is 6.20 Å². The molecule has 3 heterocycles. The van der Waals surface area contributed by atoms with Crippen LogP contribution in [0.1, 0.15) is 19.4 Å². The maximum Gasteiger partial charge on any atom is 0.230 e. The SMILES string of the molecule is CC.O=C(Cc1ccc2c(c1)OCCO2)Nc1n[nH]c2cncc(Cl)c12. The summed E-state index contributed by atoms with van der Waals surface area (Å²) in [4.78, 5) is 16.3. The zero-order valence-corrected chi connectivity index (χ0v) is 15.3. The van der Waals surface area contributed by atoms with Crippen LogP contribution in [0.25, 0.3) is 10.9 Å². The topological polar surface area (TPSA) is 89.1 Å². The first-order valence-electron chi connectivity index (χ1n) is 8.36. The number of hydrogen-bond acceptors (Lipinski definition) is 5. The number of ether oxygens (including phenoxy) is 2. The number of carbonyl (C=O) groups excluding carboxylic acids is 1. The van der Waals surface area contributed by atoms with Crippen molar-refractivity contribution in [1.82, 2.24) is 15.2 Å². The van der Waals surface area contributed by atoms with Crippen LogP contribution in [0.5, 0.6) is 11.5 Å². The zero-order chi connectivity index (χ0) is 18.5. The molecule has 0 aliphatic carbocycles. The molecule has 0 saturated carbocycles. The quantitative estimate of drug-likeness (QED) is 0.731. The van der Waals surface area contributed by atoms with Crippen molar-refractivity contribution >= 4 is 34.2 Å². The van der Waals surface area contributed by atoms with Gasteiger partial charge in [-0.2, -0.15) is 5.10 Å². The minimum atomic E-state index is -0.201. The summed E-state index contributed by atoms with van der Waals surface area (Å²) in [5.41, 5.74) is 1.49. The Morgan fingerprint density at radius 1 is 1.23 bits per heavy atom. The van der Waals surface area contributed by atoms with Gasteiger partial charge in [0.05, 0.1) is 28.5 Å². The smallest absolute Gasteiger partial charge is 0.230 e. The number of aromatic nitrogens is 3. The maximum atomic E-state index is 12.3. The molecule has 0 spiro atoms. The Kier molecular flexibility index (Phi) is 5.58. The molecule has 7 nitrogen and oxygen atoms in total. The number of aromatic amines is 1. The van der Waals surface area contributed by atoms with E-state index in [9.17, 15) is 4.79 Å². The van der Waals surface area contributed by atoms with Crippen LogP contribution in [0, 0.1) is 0 Å². The van der Waals surface area contributed by atoms with Crippen molar-refractivity contribution in [2.24, 2.45) is 0 Å². The monoisotopic (exact) mass is 374 g/mol. The molecule has 26 heavy (non-hydrogen) atoms. The van der Waals surface area contributed by atoms with E-state index in [-0.39, 0.29) is 12.3 Å². The van der Waals surface area contributed by atoms with Gasteiger partial charge >= 0.3 is 0 Å². The second-order valence-corrected chi connectivity index (χ2v) is 5.73. The van der Waals surface area contributed by atoms with Crippen LogP contribution in [-0.4, -0.2) is 34.3 Å². The lowest BCUT2D eigenvalue weighted by Gasteiger charge is -2.18. The van der Waals surface area contributed by atoms with Crippen LogP contribution in [0.3, 0.4) is 0 Å².